The van der Waals surface area contributed by atoms with Gasteiger partial charge in [-0.05, 0) is 24.3 Å². The van der Waals surface area contributed by atoms with E-state index in [0.29, 0.717) is 11.3 Å². The van der Waals surface area contributed by atoms with Crippen LogP contribution in [0.3, 0.4) is 0 Å². The Morgan fingerprint density at radius 2 is 1.94 bits per heavy atom. The van der Waals surface area contributed by atoms with Gasteiger partial charge in [0.15, 0.2) is 5.78 Å². The van der Waals surface area contributed by atoms with Crippen LogP contribution in [0.2, 0.25) is 0 Å². The number of nitrogen functional groups attached to an aromatic ring is 1. The summed E-state index contributed by atoms with van der Waals surface area (Å²) in [5.41, 5.74) is 6.22. The number of halogens is 1. The van der Waals surface area contributed by atoms with Crippen molar-refractivity contribution in [3.05, 3.63) is 59.4 Å². The molecule has 0 unspecified atom stereocenters. The summed E-state index contributed by atoms with van der Waals surface area (Å²) in [5.74, 6) is -1.43. The molecule has 0 aromatic heterocycles. The normalized spacial score (nSPS) is 10.2. The number of rotatable bonds is 2. The Hall–Kier alpha value is -2.36. The second-order valence-corrected chi connectivity index (χ2v) is 3.62. The minimum Gasteiger partial charge on any atom is -0.508 e. The Morgan fingerprint density at radius 3 is 2.59 bits per heavy atom. The minimum absolute atomic E-state index is 0.0894. The number of hydrogen-bond acceptors (Lipinski definition) is 3. The van der Waals surface area contributed by atoms with Crippen molar-refractivity contribution in [1.29, 1.82) is 0 Å². The van der Waals surface area contributed by atoms with Gasteiger partial charge < -0.3 is 10.8 Å². The van der Waals surface area contributed by atoms with Gasteiger partial charge in [-0.2, -0.15) is 0 Å². The van der Waals surface area contributed by atoms with E-state index in [-0.39, 0.29) is 11.3 Å². The zero-order valence-electron chi connectivity index (χ0n) is 8.85. The second-order valence-electron chi connectivity index (χ2n) is 3.62. The van der Waals surface area contributed by atoms with E-state index in [4.69, 9.17) is 10.8 Å². The van der Waals surface area contributed by atoms with E-state index in [9.17, 15) is 9.18 Å². The highest BCUT2D eigenvalue weighted by molar-refractivity contribution is 6.09. The molecule has 0 spiro atoms. The van der Waals surface area contributed by atoms with Gasteiger partial charge in [0.2, 0.25) is 0 Å². The molecule has 4 heteroatoms. The summed E-state index contributed by atoms with van der Waals surface area (Å²) >= 11 is 0. The van der Waals surface area contributed by atoms with Crippen LogP contribution in [0.4, 0.5) is 10.1 Å². The molecule has 0 atom stereocenters. The third-order valence-corrected chi connectivity index (χ3v) is 2.35. The van der Waals surface area contributed by atoms with Gasteiger partial charge in [0.25, 0.3) is 0 Å². The van der Waals surface area contributed by atoms with Crippen molar-refractivity contribution in [2.45, 2.75) is 0 Å². The van der Waals surface area contributed by atoms with E-state index < -0.39 is 11.6 Å². The summed E-state index contributed by atoms with van der Waals surface area (Å²) in [6.45, 7) is 0. The van der Waals surface area contributed by atoms with Crippen LogP contribution in [-0.2, 0) is 0 Å². The smallest absolute Gasteiger partial charge is 0.196 e. The lowest BCUT2D eigenvalue weighted by molar-refractivity contribution is 0.103. The summed E-state index contributed by atoms with van der Waals surface area (Å²) in [5, 5.41) is 9.06. The fourth-order valence-corrected chi connectivity index (χ4v) is 1.52. The van der Waals surface area contributed by atoms with Crippen molar-refractivity contribution in [2.75, 3.05) is 5.73 Å². The molecule has 86 valence electrons. The lowest BCUT2D eigenvalue weighted by Crippen LogP contribution is -2.04. The number of aromatic hydroxyl groups is 1. The molecule has 0 fully saturated rings. The fourth-order valence-electron chi connectivity index (χ4n) is 1.52. The maximum atomic E-state index is 13.5. The average molecular weight is 231 g/mol. The Kier molecular flexibility index (Phi) is 2.78. The highest BCUT2D eigenvalue weighted by Gasteiger charge is 2.14. The van der Waals surface area contributed by atoms with Gasteiger partial charge in [0.05, 0.1) is 5.56 Å². The maximum Gasteiger partial charge on any atom is 0.196 e. The van der Waals surface area contributed by atoms with Crippen molar-refractivity contribution in [3.8, 4) is 5.75 Å². The molecule has 0 heterocycles. The third-order valence-electron chi connectivity index (χ3n) is 2.35. The summed E-state index contributed by atoms with van der Waals surface area (Å²) < 4.78 is 13.5. The molecule has 2 aromatic rings. The van der Waals surface area contributed by atoms with Crippen LogP contribution < -0.4 is 5.73 Å². The van der Waals surface area contributed by atoms with Crippen LogP contribution in [0.25, 0.3) is 0 Å². The molecule has 0 aliphatic rings. The molecule has 0 radical (unpaired) electrons. The van der Waals surface area contributed by atoms with Gasteiger partial charge in [-0.25, -0.2) is 4.39 Å². The van der Waals surface area contributed by atoms with E-state index in [1.54, 1.807) is 18.2 Å². The zero-order chi connectivity index (χ0) is 12.4. The van der Waals surface area contributed by atoms with Gasteiger partial charge in [-0.1, -0.05) is 12.1 Å². The minimum atomic E-state index is -0.752. The highest BCUT2D eigenvalue weighted by Crippen LogP contribution is 2.19. The molecule has 0 aliphatic heterocycles. The standard InChI is InChI=1S/C13H10FNO2/c14-12-7-10(16)4-5-11(12)13(17)8-2-1-3-9(15)6-8/h1-7,16H,15H2. The molecule has 3 N–H and O–H groups in total. The predicted molar refractivity (Wildman–Crippen MR) is 62.4 cm³/mol. The van der Waals surface area contributed by atoms with Gasteiger partial charge in [-0.3, -0.25) is 4.79 Å². The zero-order valence-corrected chi connectivity index (χ0v) is 8.85. The Labute approximate surface area is 97.3 Å². The van der Waals surface area contributed by atoms with Crippen LogP contribution in [0.15, 0.2) is 42.5 Å². The number of phenolic OH excluding ortho intramolecular Hbond substituents is 1. The molecule has 17 heavy (non-hydrogen) atoms. The number of phenols is 1. The quantitative estimate of drug-likeness (QED) is 0.616. The summed E-state index contributed by atoms with van der Waals surface area (Å²) in [6.07, 6.45) is 0. The summed E-state index contributed by atoms with van der Waals surface area (Å²) in [6, 6.07) is 9.72. The molecule has 0 saturated heterocycles. The fraction of sp³-hybridized carbons (Fsp3) is 0. The lowest BCUT2D eigenvalue weighted by atomic mass is 10.0. The van der Waals surface area contributed by atoms with Crippen molar-refractivity contribution >= 4 is 11.5 Å². The van der Waals surface area contributed by atoms with Crippen molar-refractivity contribution in [2.24, 2.45) is 0 Å². The van der Waals surface area contributed by atoms with Crippen LogP contribution in [0.5, 0.6) is 5.75 Å². The van der Waals surface area contributed by atoms with E-state index in [0.717, 1.165) is 6.07 Å². The lowest BCUT2D eigenvalue weighted by Gasteiger charge is -2.04. The van der Waals surface area contributed by atoms with Crippen LogP contribution >= 0.6 is 0 Å². The molecule has 0 amide bonds. The first-order valence-electron chi connectivity index (χ1n) is 4.96. The number of carbonyl (C=O) groups excluding carboxylic acids is 1. The molecule has 0 aliphatic carbocycles. The number of nitrogens with two attached hydrogens (primary N) is 1. The second kappa shape index (κ2) is 4.25. The number of carbonyl (C=O) groups is 1. The van der Waals surface area contributed by atoms with Gasteiger partial charge in [0.1, 0.15) is 11.6 Å². The first-order chi connectivity index (χ1) is 8.08. The molecule has 2 rings (SSSR count). The number of anilines is 1. The number of ketones is 1. The summed E-state index contributed by atoms with van der Waals surface area (Å²) in [4.78, 5) is 12.0. The molecule has 2 aromatic carbocycles. The molecule has 0 bridgehead atoms. The largest absolute Gasteiger partial charge is 0.508 e. The maximum absolute atomic E-state index is 13.5. The molecule has 0 saturated carbocycles. The SMILES string of the molecule is Nc1cccc(C(=O)c2ccc(O)cc2F)c1. The van der Waals surface area contributed by atoms with Gasteiger partial charge >= 0.3 is 0 Å². The molecular formula is C13H10FNO2. The highest BCUT2D eigenvalue weighted by atomic mass is 19.1. The molecule has 3 nitrogen and oxygen atoms in total. The third kappa shape index (κ3) is 2.25. The first kappa shape index (κ1) is 11.1. The van der Waals surface area contributed by atoms with Crippen molar-refractivity contribution < 1.29 is 14.3 Å². The van der Waals surface area contributed by atoms with Crippen molar-refractivity contribution in [1.82, 2.24) is 0 Å². The topological polar surface area (TPSA) is 63.3 Å². The number of benzene rings is 2. The molecular weight excluding hydrogens is 221 g/mol. The average Bonchev–Trinajstić information content (AvgIpc) is 2.28. The Balaban J connectivity index is 2.44. The van der Waals surface area contributed by atoms with Crippen molar-refractivity contribution in [3.63, 3.8) is 0 Å². The monoisotopic (exact) mass is 231 g/mol. The van der Waals surface area contributed by atoms with E-state index in [1.165, 1.54) is 18.2 Å². The van der Waals surface area contributed by atoms with Crippen LogP contribution in [-0.4, -0.2) is 10.9 Å². The first-order valence-corrected chi connectivity index (χ1v) is 4.96. The predicted octanol–water partition coefficient (Wildman–Crippen LogP) is 2.34. The van der Waals surface area contributed by atoms with Gasteiger partial charge in [0, 0.05) is 17.3 Å². The summed E-state index contributed by atoms with van der Waals surface area (Å²) in [7, 11) is 0. The number of hydrogen-bond donors (Lipinski definition) is 2. The Morgan fingerprint density at radius 1 is 1.18 bits per heavy atom. The Bertz CT molecular complexity index is 581. The van der Waals surface area contributed by atoms with Gasteiger partial charge in [-0.15, -0.1) is 0 Å². The van der Waals surface area contributed by atoms with Crippen LogP contribution in [0, 0.1) is 5.82 Å². The van der Waals surface area contributed by atoms with E-state index in [1.807, 2.05) is 0 Å². The van der Waals surface area contributed by atoms with E-state index >= 15 is 0 Å². The van der Waals surface area contributed by atoms with E-state index in [2.05, 4.69) is 0 Å². The van der Waals surface area contributed by atoms with Crippen LogP contribution in [0.1, 0.15) is 15.9 Å².